The highest BCUT2D eigenvalue weighted by atomic mass is 28.4. The molecule has 1 aromatic rings. The van der Waals surface area contributed by atoms with Crippen molar-refractivity contribution in [3.8, 4) is 0 Å². The fourth-order valence-electron chi connectivity index (χ4n) is 6.44. The van der Waals surface area contributed by atoms with E-state index in [1.165, 1.54) is 0 Å². The Bertz CT molecular complexity index is 836. The maximum Gasteiger partial charge on any atom is 0.199 e. The number of carbonyl (C=O) groups is 1. The minimum atomic E-state index is -1.76. The number of hydrogen-bond acceptors (Lipinski definition) is 5. The van der Waals surface area contributed by atoms with Crippen molar-refractivity contribution in [2.75, 3.05) is 7.11 Å². The zero-order valence-electron chi connectivity index (χ0n) is 20.0. The number of rotatable bonds is 7. The van der Waals surface area contributed by atoms with E-state index < -0.39 is 19.7 Å². The lowest BCUT2D eigenvalue weighted by molar-refractivity contribution is -0.247. The van der Waals surface area contributed by atoms with Crippen LogP contribution in [0.25, 0.3) is 0 Å². The molecule has 0 radical (unpaired) electrons. The summed E-state index contributed by atoms with van der Waals surface area (Å²) in [6.07, 6.45) is 8.38. The van der Waals surface area contributed by atoms with E-state index >= 15 is 0 Å². The molecule has 6 heteroatoms. The third-order valence-electron chi connectivity index (χ3n) is 8.93. The third-order valence-corrected chi connectivity index (χ3v) is 13.6. The minimum Gasteiger partial charge on any atom is -0.472 e. The first-order valence-corrected chi connectivity index (χ1v) is 14.5. The van der Waals surface area contributed by atoms with Gasteiger partial charge in [0.25, 0.3) is 0 Å². The van der Waals surface area contributed by atoms with Gasteiger partial charge >= 0.3 is 0 Å². The zero-order chi connectivity index (χ0) is 22.5. The number of methoxy groups -OCH3 is 1. The first-order valence-electron chi connectivity index (χ1n) is 11.9. The Hall–Kier alpha value is -1.21. The maximum absolute atomic E-state index is 13.4. The van der Waals surface area contributed by atoms with Crippen molar-refractivity contribution in [1.82, 2.24) is 0 Å². The van der Waals surface area contributed by atoms with E-state index in [2.05, 4.69) is 40.7 Å². The van der Waals surface area contributed by atoms with Crippen molar-refractivity contribution in [2.24, 2.45) is 11.3 Å². The predicted molar refractivity (Wildman–Crippen MR) is 122 cm³/mol. The number of Topliss-reactive ketones (excluding diaryl/α,β-unsaturated/α-hetero) is 1. The summed E-state index contributed by atoms with van der Waals surface area (Å²) >= 11 is 0. The van der Waals surface area contributed by atoms with E-state index in [1.54, 1.807) is 19.6 Å². The van der Waals surface area contributed by atoms with Gasteiger partial charge < -0.3 is 18.3 Å². The molecule has 0 unspecified atom stereocenters. The largest absolute Gasteiger partial charge is 0.472 e. The van der Waals surface area contributed by atoms with Crippen LogP contribution in [0.4, 0.5) is 0 Å². The highest BCUT2D eigenvalue weighted by Crippen LogP contribution is 2.67. The van der Waals surface area contributed by atoms with Gasteiger partial charge in [-0.05, 0) is 49.0 Å². The van der Waals surface area contributed by atoms with E-state index in [1.807, 2.05) is 6.07 Å². The second kappa shape index (κ2) is 7.98. The van der Waals surface area contributed by atoms with Crippen LogP contribution in [0.1, 0.15) is 65.9 Å². The molecule has 0 bridgehead atoms. The van der Waals surface area contributed by atoms with Crippen LogP contribution in [0.3, 0.4) is 0 Å². The molecule has 3 aliphatic rings. The topological polar surface area (TPSA) is 57.9 Å². The van der Waals surface area contributed by atoms with Gasteiger partial charge in [-0.15, -0.1) is 0 Å². The summed E-state index contributed by atoms with van der Waals surface area (Å²) in [5, 5.41) is 0. The van der Waals surface area contributed by atoms with Gasteiger partial charge in [0.2, 0.25) is 0 Å². The molecule has 1 aliphatic heterocycles. The second-order valence-corrected chi connectivity index (χ2v) is 14.8. The average Bonchev–Trinajstić information content (AvgIpc) is 3.40. The molecule has 1 spiro atoms. The smallest absolute Gasteiger partial charge is 0.199 e. The van der Waals surface area contributed by atoms with Crippen LogP contribution in [0.2, 0.25) is 18.1 Å². The standard InChI is InChI=1S/C25H38O5Si/c1-7-31(8-2,9-3)29-20-10-12-24-21(15-20)22(26)14-18(4)23(24,5)17-25(27-6,30-24)19-11-13-28-16-19/h11,13,15-16,18,20H,7-10,12,14,17H2,1-6H3/t18-,20-,23+,24-,25-/m1/s1. The number of hydrogen-bond donors (Lipinski definition) is 0. The molecular formula is C25H38O5Si. The fraction of sp³-hybridized carbons (Fsp3) is 0.720. The third kappa shape index (κ3) is 3.24. The number of ether oxygens (including phenoxy) is 2. The number of ketones is 1. The first kappa shape index (κ1) is 23.0. The van der Waals surface area contributed by atoms with Crippen LogP contribution in [-0.2, 0) is 24.5 Å². The molecule has 5 atom stereocenters. The molecule has 0 aromatic carbocycles. The van der Waals surface area contributed by atoms with E-state index in [0.29, 0.717) is 12.8 Å². The van der Waals surface area contributed by atoms with Gasteiger partial charge in [0.15, 0.2) is 19.9 Å². The lowest BCUT2D eigenvalue weighted by atomic mass is 9.53. The normalized spacial score (nSPS) is 38.0. The highest BCUT2D eigenvalue weighted by molar-refractivity contribution is 6.73. The average molecular weight is 447 g/mol. The van der Waals surface area contributed by atoms with E-state index in [4.69, 9.17) is 18.3 Å². The lowest BCUT2D eigenvalue weighted by Gasteiger charge is -2.53. The molecule has 31 heavy (non-hydrogen) atoms. The van der Waals surface area contributed by atoms with Crippen LogP contribution in [0.15, 0.2) is 34.7 Å². The molecule has 1 saturated carbocycles. The molecule has 4 rings (SSSR count). The van der Waals surface area contributed by atoms with E-state index in [-0.39, 0.29) is 23.2 Å². The van der Waals surface area contributed by atoms with Gasteiger partial charge in [-0.25, -0.2) is 0 Å². The Morgan fingerprint density at radius 3 is 2.52 bits per heavy atom. The van der Waals surface area contributed by atoms with Crippen molar-refractivity contribution >= 4 is 14.1 Å². The van der Waals surface area contributed by atoms with Gasteiger partial charge in [-0.2, -0.15) is 0 Å². The Kier molecular flexibility index (Phi) is 5.91. The van der Waals surface area contributed by atoms with Crippen LogP contribution in [0, 0.1) is 11.3 Å². The summed E-state index contributed by atoms with van der Waals surface area (Å²) < 4.78 is 25.1. The maximum atomic E-state index is 13.4. The lowest BCUT2D eigenvalue weighted by Crippen LogP contribution is -2.57. The molecule has 0 N–H and O–H groups in total. The van der Waals surface area contributed by atoms with Gasteiger partial charge in [0.1, 0.15) is 5.60 Å². The number of carbonyl (C=O) groups excluding carboxylic acids is 1. The van der Waals surface area contributed by atoms with Crippen molar-refractivity contribution in [1.29, 1.82) is 0 Å². The fourth-order valence-corrected chi connectivity index (χ4v) is 9.26. The SMILES string of the molecule is CC[Si](CC)(CC)O[C@H]1C=C2C(=O)C[C@@H](C)[C@]3(C)C[C@](OC)(c4ccoc4)O[C@]23CC1. The molecule has 1 saturated heterocycles. The Morgan fingerprint density at radius 2 is 1.94 bits per heavy atom. The van der Waals surface area contributed by atoms with Crippen LogP contribution in [0.5, 0.6) is 0 Å². The van der Waals surface area contributed by atoms with Crippen LogP contribution in [-0.4, -0.2) is 32.9 Å². The molecule has 0 amide bonds. The summed E-state index contributed by atoms with van der Waals surface area (Å²) in [6, 6.07) is 5.24. The number of furan rings is 1. The molecule has 2 fully saturated rings. The molecule has 1 aromatic heterocycles. The Morgan fingerprint density at radius 1 is 1.23 bits per heavy atom. The summed E-state index contributed by atoms with van der Waals surface area (Å²) in [5.41, 5.74) is 0.841. The van der Waals surface area contributed by atoms with Gasteiger partial charge in [-0.3, -0.25) is 4.79 Å². The first-order chi connectivity index (χ1) is 14.7. The minimum absolute atomic E-state index is 0.00354. The van der Waals surface area contributed by atoms with E-state index in [9.17, 15) is 4.79 Å². The molecule has 2 heterocycles. The summed E-state index contributed by atoms with van der Waals surface area (Å²) in [7, 11) is -0.0709. The highest BCUT2D eigenvalue weighted by Gasteiger charge is 2.70. The summed E-state index contributed by atoms with van der Waals surface area (Å²) in [6.45, 7) is 11.2. The second-order valence-electron chi connectivity index (χ2n) is 10.0. The Balaban J connectivity index is 1.76. The monoisotopic (exact) mass is 446 g/mol. The predicted octanol–water partition coefficient (Wildman–Crippen LogP) is 5.96. The molecule has 2 aliphatic carbocycles. The van der Waals surface area contributed by atoms with Gasteiger partial charge in [-0.1, -0.05) is 34.6 Å². The van der Waals surface area contributed by atoms with Crippen LogP contribution < -0.4 is 0 Å². The van der Waals surface area contributed by atoms with Crippen molar-refractivity contribution in [2.45, 2.75) is 95.9 Å². The van der Waals surface area contributed by atoms with Crippen molar-refractivity contribution < 1.29 is 23.1 Å². The zero-order valence-corrected chi connectivity index (χ0v) is 21.0. The van der Waals surface area contributed by atoms with E-state index in [0.717, 1.165) is 42.1 Å². The van der Waals surface area contributed by atoms with Gasteiger partial charge in [0, 0.05) is 36.5 Å². The molecule has 5 nitrogen and oxygen atoms in total. The Labute approximate surface area is 187 Å². The van der Waals surface area contributed by atoms with Crippen LogP contribution >= 0.6 is 0 Å². The van der Waals surface area contributed by atoms with Crippen molar-refractivity contribution in [3.63, 3.8) is 0 Å². The summed E-state index contributed by atoms with van der Waals surface area (Å²) in [5.74, 6) is -0.495. The molecular weight excluding hydrogens is 408 g/mol. The quantitative estimate of drug-likeness (QED) is 0.483. The van der Waals surface area contributed by atoms with Gasteiger partial charge in [0.05, 0.1) is 18.6 Å². The summed E-state index contributed by atoms with van der Waals surface area (Å²) in [4.78, 5) is 13.4. The van der Waals surface area contributed by atoms with Crippen molar-refractivity contribution in [3.05, 3.63) is 35.8 Å². The molecule has 172 valence electrons.